The van der Waals surface area contributed by atoms with Crippen LogP contribution >= 0.6 is 0 Å². The number of hydrogen-bond acceptors (Lipinski definition) is 5. The highest BCUT2D eigenvalue weighted by Crippen LogP contribution is 2.30. The summed E-state index contributed by atoms with van der Waals surface area (Å²) in [6, 6.07) is 10.5. The summed E-state index contributed by atoms with van der Waals surface area (Å²) in [6.45, 7) is 3.00. The minimum absolute atomic E-state index is 0.0349. The van der Waals surface area contributed by atoms with E-state index in [1.807, 2.05) is 0 Å². The first-order valence-corrected chi connectivity index (χ1v) is 10.0. The normalized spacial score (nSPS) is 12.3. The highest BCUT2D eigenvalue weighted by Gasteiger charge is 2.30. The van der Waals surface area contributed by atoms with E-state index in [2.05, 4.69) is 5.32 Å². The van der Waals surface area contributed by atoms with Crippen LogP contribution in [0, 0.1) is 0 Å². The average Bonchev–Trinajstić information content (AvgIpc) is 2.76. The predicted octanol–water partition coefficient (Wildman–Crippen LogP) is 3.99. The first-order chi connectivity index (χ1) is 15.6. The van der Waals surface area contributed by atoms with Gasteiger partial charge in [-0.05, 0) is 50.2 Å². The maximum atomic E-state index is 12.9. The summed E-state index contributed by atoms with van der Waals surface area (Å²) in [7, 11) is 0. The first-order valence-electron chi connectivity index (χ1n) is 10.0. The van der Waals surface area contributed by atoms with Gasteiger partial charge in [-0.15, -0.1) is 0 Å². The molecule has 1 N–H and O–H groups in total. The van der Waals surface area contributed by atoms with Gasteiger partial charge in [-0.1, -0.05) is 12.1 Å². The van der Waals surface area contributed by atoms with Crippen LogP contribution in [0.2, 0.25) is 0 Å². The maximum absolute atomic E-state index is 12.9. The summed E-state index contributed by atoms with van der Waals surface area (Å²) in [5.74, 6) is -0.918. The molecule has 0 spiro atoms. The molecule has 1 atom stereocenters. The number of hydrogen-bond donors (Lipinski definition) is 1. The van der Waals surface area contributed by atoms with Crippen molar-refractivity contribution in [2.75, 3.05) is 11.9 Å². The number of nitrogens with one attached hydrogen (secondary N) is 1. The van der Waals surface area contributed by atoms with Gasteiger partial charge in [0.05, 0.1) is 17.6 Å². The van der Waals surface area contributed by atoms with Gasteiger partial charge in [0, 0.05) is 17.3 Å². The molecule has 0 unspecified atom stereocenters. The second-order valence-corrected chi connectivity index (χ2v) is 7.11. The third kappa shape index (κ3) is 5.71. The largest absolute Gasteiger partial charge is 0.478 e. The fourth-order valence-electron chi connectivity index (χ4n) is 3.14. The van der Waals surface area contributed by atoms with Gasteiger partial charge in [0.25, 0.3) is 5.56 Å². The molecule has 0 aliphatic heterocycles. The Morgan fingerprint density at radius 1 is 1.09 bits per heavy atom. The van der Waals surface area contributed by atoms with Crippen LogP contribution in [0.5, 0.6) is 5.75 Å². The lowest BCUT2D eigenvalue weighted by Gasteiger charge is -2.15. The Morgan fingerprint density at radius 3 is 2.52 bits per heavy atom. The summed E-state index contributed by atoms with van der Waals surface area (Å²) in [5.41, 5.74) is -1.43. The number of esters is 1. The summed E-state index contributed by atoms with van der Waals surface area (Å²) < 4.78 is 50.2. The third-order valence-electron chi connectivity index (χ3n) is 4.69. The molecular formula is C23H21F3N2O5. The first kappa shape index (κ1) is 23.8. The van der Waals surface area contributed by atoms with Crippen molar-refractivity contribution >= 4 is 28.3 Å². The van der Waals surface area contributed by atoms with E-state index in [1.54, 1.807) is 31.2 Å². The molecule has 2 aromatic carbocycles. The molecule has 33 heavy (non-hydrogen) atoms. The maximum Gasteiger partial charge on any atom is 0.416 e. The van der Waals surface area contributed by atoms with E-state index >= 15 is 0 Å². The number of carbonyl (C=O) groups excluding carboxylic acids is 2. The lowest BCUT2D eigenvalue weighted by atomic mass is 10.1. The Morgan fingerprint density at radius 2 is 1.82 bits per heavy atom. The summed E-state index contributed by atoms with van der Waals surface area (Å²) in [4.78, 5) is 37.0. The summed E-state index contributed by atoms with van der Waals surface area (Å²) >= 11 is 0. The van der Waals surface area contributed by atoms with Gasteiger partial charge in [-0.2, -0.15) is 13.2 Å². The molecule has 1 aromatic heterocycles. The van der Waals surface area contributed by atoms with Crippen molar-refractivity contribution in [3.8, 4) is 5.75 Å². The van der Waals surface area contributed by atoms with E-state index in [-0.39, 0.29) is 17.7 Å². The molecule has 10 heteroatoms. The Labute approximate surface area is 186 Å². The van der Waals surface area contributed by atoms with Gasteiger partial charge in [0.15, 0.2) is 6.10 Å². The van der Waals surface area contributed by atoms with Gasteiger partial charge in [0.2, 0.25) is 5.91 Å². The quantitative estimate of drug-likeness (QED) is 0.537. The van der Waals surface area contributed by atoms with Crippen molar-refractivity contribution in [3.05, 3.63) is 70.6 Å². The number of ether oxygens (including phenoxy) is 2. The molecule has 1 amide bonds. The van der Waals surface area contributed by atoms with Crippen LogP contribution in [0.15, 0.2) is 59.5 Å². The van der Waals surface area contributed by atoms with Crippen LogP contribution < -0.4 is 15.6 Å². The minimum atomic E-state index is -4.54. The number of pyridine rings is 1. The molecule has 7 nitrogen and oxygen atoms in total. The Bertz CT molecular complexity index is 1240. The number of fused-ring (bicyclic) bond motifs is 1. The molecule has 0 radical (unpaired) electrons. The monoisotopic (exact) mass is 462 g/mol. The van der Waals surface area contributed by atoms with Gasteiger partial charge in [0.1, 0.15) is 12.3 Å². The molecule has 3 aromatic rings. The lowest BCUT2D eigenvalue weighted by Crippen LogP contribution is -2.28. The molecule has 0 bridgehead atoms. The highest BCUT2D eigenvalue weighted by atomic mass is 19.4. The molecule has 3 rings (SSSR count). The molecule has 174 valence electrons. The van der Waals surface area contributed by atoms with E-state index < -0.39 is 41.8 Å². The smallest absolute Gasteiger partial charge is 0.416 e. The number of nitrogens with zero attached hydrogens (tertiary/aromatic N) is 1. The number of benzene rings is 2. The number of amides is 1. The van der Waals surface area contributed by atoms with E-state index in [0.717, 1.165) is 16.7 Å². The predicted molar refractivity (Wildman–Crippen MR) is 115 cm³/mol. The zero-order valence-corrected chi connectivity index (χ0v) is 17.8. The fraction of sp³-hybridized carbons (Fsp3) is 0.261. The zero-order chi connectivity index (χ0) is 24.2. The number of anilines is 1. The molecule has 1 heterocycles. The van der Waals surface area contributed by atoms with Crippen molar-refractivity contribution in [2.24, 2.45) is 0 Å². The van der Waals surface area contributed by atoms with Gasteiger partial charge < -0.3 is 19.4 Å². The van der Waals surface area contributed by atoms with Gasteiger partial charge >= 0.3 is 12.1 Å². The van der Waals surface area contributed by atoms with Crippen LogP contribution in [0.25, 0.3) is 10.8 Å². The van der Waals surface area contributed by atoms with Crippen molar-refractivity contribution in [1.82, 2.24) is 4.57 Å². The Balaban J connectivity index is 1.80. The van der Waals surface area contributed by atoms with Crippen LogP contribution in [-0.4, -0.2) is 29.2 Å². The number of rotatable bonds is 7. The van der Waals surface area contributed by atoms with Crippen molar-refractivity contribution in [3.63, 3.8) is 0 Å². The van der Waals surface area contributed by atoms with Crippen LogP contribution in [-0.2, 0) is 27.0 Å². The number of carbonyl (C=O) groups is 2. The zero-order valence-electron chi connectivity index (χ0n) is 17.8. The molecular weight excluding hydrogens is 441 g/mol. The molecule has 0 fully saturated rings. The van der Waals surface area contributed by atoms with Crippen LogP contribution in [0.1, 0.15) is 19.4 Å². The molecule has 0 aliphatic rings. The van der Waals surface area contributed by atoms with Crippen LogP contribution in [0.4, 0.5) is 18.9 Å². The van der Waals surface area contributed by atoms with E-state index in [4.69, 9.17) is 9.47 Å². The topological polar surface area (TPSA) is 86.6 Å². The Kier molecular flexibility index (Phi) is 7.05. The van der Waals surface area contributed by atoms with Crippen LogP contribution in [0.3, 0.4) is 0 Å². The standard InChI is InChI=1S/C23H21F3N2O5/c1-3-32-22(31)14(2)33-19-9-5-8-18-17(19)10-11-28(21(18)30)13-20(29)27-16-7-4-6-15(12-16)23(24,25)26/h4-12,14H,3,13H2,1-2H3,(H,27,29)/t14-/m0/s1. The third-order valence-corrected chi connectivity index (χ3v) is 4.69. The van der Waals surface area contributed by atoms with E-state index in [1.165, 1.54) is 25.3 Å². The minimum Gasteiger partial charge on any atom is -0.478 e. The summed E-state index contributed by atoms with van der Waals surface area (Å²) in [6.07, 6.45) is -4.06. The Hall–Kier alpha value is -3.82. The SMILES string of the molecule is CCOC(=O)[C@H](C)Oc1cccc2c(=O)n(CC(=O)Nc3cccc(C(F)(F)F)c3)ccc12. The number of aromatic nitrogens is 1. The lowest BCUT2D eigenvalue weighted by molar-refractivity contribution is -0.150. The van der Waals surface area contributed by atoms with E-state index in [9.17, 15) is 27.6 Å². The molecule has 0 saturated heterocycles. The van der Waals surface area contributed by atoms with Crippen molar-refractivity contribution < 1.29 is 32.2 Å². The fourth-order valence-corrected chi connectivity index (χ4v) is 3.14. The molecule has 0 aliphatic carbocycles. The van der Waals surface area contributed by atoms with Crippen molar-refractivity contribution in [2.45, 2.75) is 32.7 Å². The average molecular weight is 462 g/mol. The highest BCUT2D eigenvalue weighted by molar-refractivity contribution is 5.91. The van der Waals surface area contributed by atoms with Gasteiger partial charge in [-0.3, -0.25) is 9.59 Å². The summed E-state index contributed by atoms with van der Waals surface area (Å²) in [5, 5.41) is 3.05. The second kappa shape index (κ2) is 9.76. The molecule has 0 saturated carbocycles. The van der Waals surface area contributed by atoms with E-state index in [0.29, 0.717) is 11.1 Å². The number of alkyl halides is 3. The van der Waals surface area contributed by atoms with Gasteiger partial charge in [-0.25, -0.2) is 4.79 Å². The van der Waals surface area contributed by atoms with Crippen molar-refractivity contribution in [1.29, 1.82) is 0 Å². The second-order valence-electron chi connectivity index (χ2n) is 7.11. The number of halogens is 3.